The van der Waals surface area contributed by atoms with Crippen molar-refractivity contribution in [3.8, 4) is 5.69 Å². The average Bonchev–Trinajstić information content (AvgIpc) is 3.04. The van der Waals surface area contributed by atoms with E-state index in [2.05, 4.69) is 19.7 Å². The highest BCUT2D eigenvalue weighted by Gasteiger charge is 2.31. The van der Waals surface area contributed by atoms with Crippen LogP contribution >= 0.6 is 11.6 Å². The van der Waals surface area contributed by atoms with Crippen LogP contribution in [0.1, 0.15) is 60.4 Å². The lowest BCUT2D eigenvalue weighted by Gasteiger charge is -2.28. The third-order valence-corrected chi connectivity index (χ3v) is 6.03. The molecule has 1 saturated carbocycles. The number of nitrogens with zero attached hydrogens (tertiary/aromatic N) is 4. The van der Waals surface area contributed by atoms with Crippen molar-refractivity contribution in [2.45, 2.75) is 50.7 Å². The Hall–Kier alpha value is -2.31. The summed E-state index contributed by atoms with van der Waals surface area (Å²) in [6.45, 7) is 0.929. The van der Waals surface area contributed by atoms with Crippen LogP contribution in [0.25, 0.3) is 5.69 Å². The van der Waals surface area contributed by atoms with E-state index in [0.717, 1.165) is 48.6 Å². The zero-order valence-electron chi connectivity index (χ0n) is 15.3. The lowest BCUT2D eigenvalue weighted by Crippen LogP contribution is -2.18. The Bertz CT molecular complexity index is 1010. The highest BCUT2D eigenvalue weighted by Crippen LogP contribution is 2.41. The Morgan fingerprint density at radius 3 is 2.68 bits per heavy atom. The minimum atomic E-state index is -0.203. The first kappa shape index (κ1) is 17.8. The van der Waals surface area contributed by atoms with Crippen molar-refractivity contribution in [1.82, 2.24) is 19.7 Å². The number of benzene rings is 1. The minimum Gasteiger partial charge on any atom is -0.369 e. The van der Waals surface area contributed by atoms with Gasteiger partial charge in [-0.2, -0.15) is 0 Å². The van der Waals surface area contributed by atoms with Crippen LogP contribution in [0.4, 0.5) is 4.39 Å². The SMILES string of the molecule is Fc1cccnc1C1CCC(c2nnc3n2-c2ccc(Cl)cc2COC3)CC1. The average molecular weight is 399 g/mol. The molecule has 1 aromatic carbocycles. The molecule has 2 aliphatic rings. The van der Waals surface area contributed by atoms with Gasteiger partial charge in [-0.15, -0.1) is 10.2 Å². The number of halogens is 2. The van der Waals surface area contributed by atoms with Gasteiger partial charge in [0.05, 0.1) is 18.0 Å². The Kier molecular flexibility index (Phi) is 4.61. The van der Waals surface area contributed by atoms with Gasteiger partial charge in [-0.3, -0.25) is 9.55 Å². The number of ether oxygens (including phenoxy) is 1. The second-order valence-corrected chi connectivity index (χ2v) is 7.93. The molecule has 0 N–H and O–H groups in total. The monoisotopic (exact) mass is 398 g/mol. The standard InChI is InChI=1S/C21H20ClFN4O/c22-16-7-8-18-15(10-16)11-28-12-19-25-26-21(27(18)19)14-5-3-13(4-6-14)20-17(23)2-1-9-24-20/h1-2,7-10,13-14H,3-6,11-12H2. The van der Waals surface area contributed by atoms with E-state index >= 15 is 0 Å². The van der Waals surface area contributed by atoms with Gasteiger partial charge >= 0.3 is 0 Å². The van der Waals surface area contributed by atoms with Crippen LogP contribution in [0.5, 0.6) is 0 Å². The van der Waals surface area contributed by atoms with Crippen molar-refractivity contribution in [3.05, 3.63) is 70.3 Å². The van der Waals surface area contributed by atoms with Crippen molar-refractivity contribution in [2.75, 3.05) is 0 Å². The summed E-state index contributed by atoms with van der Waals surface area (Å²) < 4.78 is 22.0. The van der Waals surface area contributed by atoms with Crippen LogP contribution in [-0.4, -0.2) is 19.7 Å². The van der Waals surface area contributed by atoms with Gasteiger partial charge in [0.2, 0.25) is 0 Å². The first-order chi connectivity index (χ1) is 13.7. The number of pyridine rings is 1. The van der Waals surface area contributed by atoms with Gasteiger partial charge in [0.15, 0.2) is 5.82 Å². The third-order valence-electron chi connectivity index (χ3n) is 5.79. The molecule has 0 unspecified atom stereocenters. The van der Waals surface area contributed by atoms with E-state index in [0.29, 0.717) is 23.9 Å². The fraction of sp³-hybridized carbons (Fsp3) is 0.381. The lowest BCUT2D eigenvalue weighted by molar-refractivity contribution is 0.105. The van der Waals surface area contributed by atoms with Gasteiger partial charge in [-0.25, -0.2) is 4.39 Å². The third kappa shape index (κ3) is 3.10. The molecule has 0 amide bonds. The molecule has 0 saturated heterocycles. The largest absolute Gasteiger partial charge is 0.369 e. The lowest BCUT2D eigenvalue weighted by atomic mass is 9.79. The number of hydrogen-bond donors (Lipinski definition) is 0. The van der Waals surface area contributed by atoms with Gasteiger partial charge in [0.1, 0.15) is 18.2 Å². The Morgan fingerprint density at radius 2 is 1.86 bits per heavy atom. The summed E-state index contributed by atoms with van der Waals surface area (Å²) in [6, 6.07) is 8.98. The number of hydrogen-bond acceptors (Lipinski definition) is 4. The van der Waals surface area contributed by atoms with Crippen molar-refractivity contribution in [3.63, 3.8) is 0 Å². The van der Waals surface area contributed by atoms with E-state index in [4.69, 9.17) is 16.3 Å². The van der Waals surface area contributed by atoms with E-state index in [-0.39, 0.29) is 17.7 Å². The topological polar surface area (TPSA) is 52.8 Å². The van der Waals surface area contributed by atoms with Crippen LogP contribution in [0.3, 0.4) is 0 Å². The summed E-state index contributed by atoms with van der Waals surface area (Å²) >= 11 is 6.17. The molecule has 0 radical (unpaired) electrons. The van der Waals surface area contributed by atoms with E-state index in [9.17, 15) is 4.39 Å². The molecule has 5 nitrogen and oxygen atoms in total. The quantitative estimate of drug-likeness (QED) is 0.614. The van der Waals surface area contributed by atoms with Crippen LogP contribution in [0.2, 0.25) is 5.02 Å². The second kappa shape index (κ2) is 7.26. The van der Waals surface area contributed by atoms with Crippen molar-refractivity contribution in [2.24, 2.45) is 0 Å². The highest BCUT2D eigenvalue weighted by molar-refractivity contribution is 6.30. The van der Waals surface area contributed by atoms with Gasteiger partial charge in [-0.05, 0) is 56.0 Å². The van der Waals surface area contributed by atoms with Gasteiger partial charge in [0, 0.05) is 28.6 Å². The van der Waals surface area contributed by atoms with Gasteiger partial charge in [-0.1, -0.05) is 11.6 Å². The summed E-state index contributed by atoms with van der Waals surface area (Å²) in [5.41, 5.74) is 2.67. The maximum Gasteiger partial charge on any atom is 0.163 e. The van der Waals surface area contributed by atoms with E-state index in [1.807, 2.05) is 18.2 Å². The number of fused-ring (bicyclic) bond motifs is 3. The molecule has 0 bridgehead atoms. The molecule has 0 spiro atoms. The molecule has 2 aromatic heterocycles. The smallest absolute Gasteiger partial charge is 0.163 e. The number of aromatic nitrogens is 4. The Labute approximate surface area is 167 Å². The molecular weight excluding hydrogens is 379 g/mol. The van der Waals surface area contributed by atoms with Crippen molar-refractivity contribution < 1.29 is 9.13 Å². The molecule has 5 rings (SSSR count). The predicted molar refractivity (Wildman–Crippen MR) is 103 cm³/mol. The predicted octanol–water partition coefficient (Wildman–Crippen LogP) is 4.93. The molecule has 1 aliphatic heterocycles. The minimum absolute atomic E-state index is 0.165. The molecule has 1 aliphatic carbocycles. The van der Waals surface area contributed by atoms with Gasteiger partial charge in [0.25, 0.3) is 0 Å². The molecule has 28 heavy (non-hydrogen) atoms. The van der Waals surface area contributed by atoms with Gasteiger partial charge < -0.3 is 4.74 Å². The van der Waals surface area contributed by atoms with E-state index < -0.39 is 0 Å². The van der Waals surface area contributed by atoms with Crippen LogP contribution in [0, 0.1) is 5.82 Å². The fourth-order valence-electron chi connectivity index (χ4n) is 4.41. The zero-order valence-corrected chi connectivity index (χ0v) is 16.1. The van der Waals surface area contributed by atoms with Crippen LogP contribution < -0.4 is 0 Å². The van der Waals surface area contributed by atoms with Crippen LogP contribution in [-0.2, 0) is 18.0 Å². The Balaban J connectivity index is 1.43. The number of rotatable bonds is 2. The normalized spacial score (nSPS) is 21.6. The summed E-state index contributed by atoms with van der Waals surface area (Å²) in [5.74, 6) is 2.02. The molecule has 3 heterocycles. The second-order valence-electron chi connectivity index (χ2n) is 7.49. The van der Waals surface area contributed by atoms with Crippen LogP contribution in [0.15, 0.2) is 36.5 Å². The van der Waals surface area contributed by atoms with Crippen molar-refractivity contribution >= 4 is 11.6 Å². The highest BCUT2D eigenvalue weighted by atomic mass is 35.5. The molecule has 144 valence electrons. The maximum absolute atomic E-state index is 14.1. The maximum atomic E-state index is 14.1. The van der Waals surface area contributed by atoms with E-state index in [1.165, 1.54) is 6.07 Å². The molecule has 0 atom stereocenters. The van der Waals surface area contributed by atoms with E-state index in [1.54, 1.807) is 12.3 Å². The summed E-state index contributed by atoms with van der Waals surface area (Å²) in [7, 11) is 0. The summed E-state index contributed by atoms with van der Waals surface area (Å²) in [4.78, 5) is 4.27. The summed E-state index contributed by atoms with van der Waals surface area (Å²) in [6.07, 6.45) is 5.33. The molecule has 7 heteroatoms. The Morgan fingerprint density at radius 1 is 1.04 bits per heavy atom. The molecular formula is C21H20ClFN4O. The first-order valence-corrected chi connectivity index (χ1v) is 9.99. The summed E-state index contributed by atoms with van der Waals surface area (Å²) in [5, 5.41) is 9.59. The molecule has 1 fully saturated rings. The first-order valence-electron chi connectivity index (χ1n) is 9.62. The molecule has 3 aromatic rings. The zero-order chi connectivity index (χ0) is 19.1. The fourth-order valence-corrected chi connectivity index (χ4v) is 4.61. The van der Waals surface area contributed by atoms with Crippen molar-refractivity contribution in [1.29, 1.82) is 0 Å².